The molecule has 0 aromatic rings. The SMILES string of the molecule is CC.CC.CC1=CCC=C1. The second kappa shape index (κ2) is 11.3. The van der Waals surface area contributed by atoms with Crippen molar-refractivity contribution in [2.75, 3.05) is 0 Å². The highest BCUT2D eigenvalue weighted by molar-refractivity contribution is 5.23. The zero-order valence-electron chi connectivity index (χ0n) is 7.94. The van der Waals surface area contributed by atoms with E-state index >= 15 is 0 Å². The van der Waals surface area contributed by atoms with Gasteiger partial charge in [0.1, 0.15) is 0 Å². The Morgan fingerprint density at radius 3 is 1.70 bits per heavy atom. The van der Waals surface area contributed by atoms with Crippen molar-refractivity contribution in [3.63, 3.8) is 0 Å². The lowest BCUT2D eigenvalue weighted by Gasteiger charge is -1.72. The molecule has 0 atom stereocenters. The lowest BCUT2D eigenvalue weighted by atomic mass is 10.3. The molecule has 1 rings (SSSR count). The second-order valence-corrected chi connectivity index (χ2v) is 1.59. The zero-order valence-corrected chi connectivity index (χ0v) is 7.94. The van der Waals surface area contributed by atoms with Crippen LogP contribution in [0, 0.1) is 0 Å². The van der Waals surface area contributed by atoms with Crippen LogP contribution in [0.1, 0.15) is 41.0 Å². The summed E-state index contributed by atoms with van der Waals surface area (Å²) in [6.45, 7) is 10.1. The normalized spacial score (nSPS) is 12.3. The summed E-state index contributed by atoms with van der Waals surface area (Å²) in [5, 5.41) is 0. The molecule has 1 aliphatic carbocycles. The molecule has 0 nitrogen and oxygen atoms in total. The average molecular weight is 140 g/mol. The first-order valence-corrected chi connectivity index (χ1v) is 4.23. The van der Waals surface area contributed by atoms with Crippen LogP contribution in [0.25, 0.3) is 0 Å². The molecule has 0 heteroatoms. The largest absolute Gasteiger partial charge is 0.0805 e. The Labute approximate surface area is 65.7 Å². The molecule has 0 aliphatic heterocycles. The minimum Gasteiger partial charge on any atom is -0.0805 e. The maximum absolute atomic E-state index is 2.21. The average Bonchev–Trinajstić information content (AvgIpc) is 2.48. The third-order valence-electron chi connectivity index (χ3n) is 0.957. The van der Waals surface area contributed by atoms with Crippen LogP contribution in [0.15, 0.2) is 23.8 Å². The van der Waals surface area contributed by atoms with Gasteiger partial charge in [0.2, 0.25) is 0 Å². The van der Waals surface area contributed by atoms with Gasteiger partial charge in [-0.2, -0.15) is 0 Å². The topological polar surface area (TPSA) is 0 Å². The van der Waals surface area contributed by atoms with Crippen molar-refractivity contribution in [1.29, 1.82) is 0 Å². The predicted molar refractivity (Wildman–Crippen MR) is 50.2 cm³/mol. The molecule has 0 aromatic heterocycles. The number of hydrogen-bond donors (Lipinski definition) is 0. The molecule has 60 valence electrons. The van der Waals surface area contributed by atoms with Gasteiger partial charge in [-0.3, -0.25) is 0 Å². The second-order valence-electron chi connectivity index (χ2n) is 1.59. The van der Waals surface area contributed by atoms with Gasteiger partial charge in [0.15, 0.2) is 0 Å². The van der Waals surface area contributed by atoms with E-state index in [-0.39, 0.29) is 0 Å². The van der Waals surface area contributed by atoms with Crippen molar-refractivity contribution >= 4 is 0 Å². The number of hydrogen-bond acceptors (Lipinski definition) is 0. The Balaban J connectivity index is 0. The molecule has 0 unspecified atom stereocenters. The van der Waals surface area contributed by atoms with E-state index in [1.54, 1.807) is 0 Å². The van der Waals surface area contributed by atoms with Crippen LogP contribution in [-0.2, 0) is 0 Å². The van der Waals surface area contributed by atoms with Crippen molar-refractivity contribution in [3.05, 3.63) is 23.8 Å². The smallest absolute Gasteiger partial charge is 0.0160 e. The molecule has 0 spiro atoms. The van der Waals surface area contributed by atoms with Crippen LogP contribution in [0.5, 0.6) is 0 Å². The van der Waals surface area contributed by atoms with E-state index in [0.717, 1.165) is 6.42 Å². The molecule has 0 amide bonds. The molecular weight excluding hydrogens is 120 g/mol. The summed E-state index contributed by atoms with van der Waals surface area (Å²) in [6.07, 6.45) is 7.65. The van der Waals surface area contributed by atoms with Gasteiger partial charge in [0.05, 0.1) is 0 Å². The van der Waals surface area contributed by atoms with Crippen molar-refractivity contribution in [2.24, 2.45) is 0 Å². The highest BCUT2D eigenvalue weighted by Gasteiger charge is 1.84. The van der Waals surface area contributed by atoms with E-state index in [1.807, 2.05) is 27.7 Å². The van der Waals surface area contributed by atoms with Crippen LogP contribution < -0.4 is 0 Å². The summed E-state index contributed by atoms with van der Waals surface area (Å²) in [6, 6.07) is 0. The predicted octanol–water partition coefficient (Wildman–Crippen LogP) is 3.95. The highest BCUT2D eigenvalue weighted by atomic mass is 13.9. The Morgan fingerprint density at radius 1 is 1.10 bits per heavy atom. The molecule has 0 saturated carbocycles. The molecule has 10 heavy (non-hydrogen) atoms. The van der Waals surface area contributed by atoms with Gasteiger partial charge in [-0.1, -0.05) is 51.5 Å². The van der Waals surface area contributed by atoms with Crippen molar-refractivity contribution < 1.29 is 0 Å². The third kappa shape index (κ3) is 7.48. The summed E-state index contributed by atoms with van der Waals surface area (Å²) in [5.74, 6) is 0. The Bertz CT molecular complexity index is 93.9. The third-order valence-corrected chi connectivity index (χ3v) is 0.957. The lowest BCUT2D eigenvalue weighted by Crippen LogP contribution is -1.51. The quantitative estimate of drug-likeness (QED) is 0.478. The fourth-order valence-corrected chi connectivity index (χ4v) is 0.576. The summed E-state index contributed by atoms with van der Waals surface area (Å²) in [5.41, 5.74) is 1.40. The van der Waals surface area contributed by atoms with Gasteiger partial charge in [0, 0.05) is 0 Å². The molecule has 0 radical (unpaired) electrons. The lowest BCUT2D eigenvalue weighted by molar-refractivity contribution is 1.42. The van der Waals surface area contributed by atoms with Gasteiger partial charge in [-0.05, 0) is 13.3 Å². The van der Waals surface area contributed by atoms with Gasteiger partial charge in [-0.25, -0.2) is 0 Å². The van der Waals surface area contributed by atoms with Crippen LogP contribution >= 0.6 is 0 Å². The zero-order chi connectivity index (χ0) is 8.41. The summed E-state index contributed by atoms with van der Waals surface area (Å²) >= 11 is 0. The van der Waals surface area contributed by atoms with Crippen LogP contribution in [0.2, 0.25) is 0 Å². The number of allylic oxidation sites excluding steroid dienone is 4. The summed E-state index contributed by atoms with van der Waals surface area (Å²) in [4.78, 5) is 0. The molecule has 1 aliphatic rings. The highest BCUT2D eigenvalue weighted by Crippen LogP contribution is 2.05. The Hall–Kier alpha value is -0.520. The molecule has 0 aromatic carbocycles. The molecule has 0 fully saturated rings. The van der Waals surface area contributed by atoms with Crippen molar-refractivity contribution in [1.82, 2.24) is 0 Å². The molecule has 0 bridgehead atoms. The monoisotopic (exact) mass is 140 g/mol. The van der Waals surface area contributed by atoms with Gasteiger partial charge >= 0.3 is 0 Å². The summed E-state index contributed by atoms with van der Waals surface area (Å²) < 4.78 is 0. The first kappa shape index (κ1) is 12.2. The maximum atomic E-state index is 2.21. The fraction of sp³-hybridized carbons (Fsp3) is 0.600. The van der Waals surface area contributed by atoms with Gasteiger partial charge in [0.25, 0.3) is 0 Å². The molecule has 0 saturated heterocycles. The number of rotatable bonds is 0. The van der Waals surface area contributed by atoms with Gasteiger partial charge in [-0.15, -0.1) is 0 Å². The van der Waals surface area contributed by atoms with E-state index in [0.29, 0.717) is 0 Å². The van der Waals surface area contributed by atoms with Crippen LogP contribution in [-0.4, -0.2) is 0 Å². The van der Waals surface area contributed by atoms with E-state index in [2.05, 4.69) is 25.2 Å². The minimum atomic E-state index is 1.14. The minimum absolute atomic E-state index is 1.14. The van der Waals surface area contributed by atoms with Crippen molar-refractivity contribution in [2.45, 2.75) is 41.0 Å². The Morgan fingerprint density at radius 2 is 1.60 bits per heavy atom. The fourth-order valence-electron chi connectivity index (χ4n) is 0.576. The van der Waals surface area contributed by atoms with E-state index in [4.69, 9.17) is 0 Å². The van der Waals surface area contributed by atoms with Gasteiger partial charge < -0.3 is 0 Å². The van der Waals surface area contributed by atoms with Crippen molar-refractivity contribution in [3.8, 4) is 0 Å². The Kier molecular flexibility index (Phi) is 13.8. The van der Waals surface area contributed by atoms with E-state index < -0.39 is 0 Å². The van der Waals surface area contributed by atoms with E-state index in [9.17, 15) is 0 Å². The van der Waals surface area contributed by atoms with Crippen LogP contribution in [0.4, 0.5) is 0 Å². The first-order chi connectivity index (χ1) is 4.89. The molecular formula is C10H20. The van der Waals surface area contributed by atoms with E-state index in [1.165, 1.54) is 5.57 Å². The molecule has 0 N–H and O–H groups in total. The molecule has 0 heterocycles. The standard InChI is InChI=1S/C6H8.2C2H6/c1-6-4-2-3-5-6;2*1-2/h2,4-5H,3H2,1H3;2*1-2H3. The van der Waals surface area contributed by atoms with Crippen LogP contribution in [0.3, 0.4) is 0 Å². The summed E-state index contributed by atoms with van der Waals surface area (Å²) in [7, 11) is 0. The maximum Gasteiger partial charge on any atom is -0.0160 e. The first-order valence-electron chi connectivity index (χ1n) is 4.23.